The van der Waals surface area contributed by atoms with Crippen LogP contribution < -0.4 is 0 Å². The minimum atomic E-state index is 0.0870. The number of hydrogen-bond acceptors (Lipinski definition) is 8. The Morgan fingerprint density at radius 2 is 2.06 bits per heavy atom. The van der Waals surface area contributed by atoms with Crippen LogP contribution in [0.5, 0.6) is 0 Å². The molecule has 6 rings (SSSR count). The Labute approximate surface area is 199 Å². The number of rotatable bonds is 5. The molecule has 1 aliphatic rings. The van der Waals surface area contributed by atoms with Crippen molar-refractivity contribution < 1.29 is 9.21 Å². The van der Waals surface area contributed by atoms with E-state index in [0.29, 0.717) is 29.7 Å². The average molecular weight is 472 g/mol. The molecule has 0 radical (unpaired) electrons. The monoisotopic (exact) mass is 471 g/mol. The summed E-state index contributed by atoms with van der Waals surface area (Å²) >= 11 is 1.41. The van der Waals surface area contributed by atoms with Gasteiger partial charge in [0.2, 0.25) is 5.91 Å². The van der Waals surface area contributed by atoms with Crippen LogP contribution in [0.15, 0.2) is 70.4 Å². The number of benzene rings is 1. The normalized spacial score (nSPS) is 16.4. The van der Waals surface area contributed by atoms with E-state index in [1.165, 1.54) is 11.8 Å². The molecule has 1 amide bonds. The number of amides is 1. The fourth-order valence-electron chi connectivity index (χ4n) is 4.22. The number of piperidine rings is 1. The zero-order chi connectivity index (χ0) is 22.9. The molecule has 0 bridgehead atoms. The number of thioether (sulfide) groups is 1. The van der Waals surface area contributed by atoms with E-state index < -0.39 is 0 Å². The molecule has 34 heavy (non-hydrogen) atoms. The molecule has 10 heteroatoms. The number of fused-ring (bicyclic) bond motifs is 2. The lowest BCUT2D eigenvalue weighted by Gasteiger charge is -2.31. The lowest BCUT2D eigenvalue weighted by atomic mass is 9.98. The highest BCUT2D eigenvalue weighted by Gasteiger charge is 2.28. The predicted molar refractivity (Wildman–Crippen MR) is 127 cm³/mol. The quantitative estimate of drug-likeness (QED) is 0.357. The van der Waals surface area contributed by atoms with Crippen LogP contribution in [-0.2, 0) is 4.79 Å². The van der Waals surface area contributed by atoms with Gasteiger partial charge in [-0.3, -0.25) is 9.78 Å². The number of pyridine rings is 1. The summed E-state index contributed by atoms with van der Waals surface area (Å²) in [4.78, 5) is 23.7. The summed E-state index contributed by atoms with van der Waals surface area (Å²) in [5.74, 6) is 1.85. The molecule has 0 aliphatic carbocycles. The largest absolute Gasteiger partial charge is 0.440 e. The maximum absolute atomic E-state index is 13.0. The molecule has 1 atom stereocenters. The van der Waals surface area contributed by atoms with Crippen LogP contribution in [0.1, 0.15) is 24.7 Å². The fraction of sp³-hybridized carbons (Fsp3) is 0.250. The molecule has 4 aromatic heterocycles. The number of oxazole rings is 1. The number of para-hydroxylation sites is 2. The third-order valence-electron chi connectivity index (χ3n) is 5.94. The first-order valence-corrected chi connectivity index (χ1v) is 12.1. The van der Waals surface area contributed by atoms with Crippen molar-refractivity contribution in [3.05, 3.63) is 66.8 Å². The SMILES string of the molecule is O=C(CSc1ccc2nnc(-c3cccnc3)n2n1)N1CCCC(c2nc3ccccc3o2)C1. The first-order valence-electron chi connectivity index (χ1n) is 11.1. The third kappa shape index (κ3) is 4.01. The van der Waals surface area contributed by atoms with Crippen molar-refractivity contribution >= 4 is 34.4 Å². The summed E-state index contributed by atoms with van der Waals surface area (Å²) in [6.45, 7) is 1.37. The fourth-order valence-corrected chi connectivity index (χ4v) is 4.98. The molecule has 1 fully saturated rings. The van der Waals surface area contributed by atoms with Crippen molar-refractivity contribution in [3.8, 4) is 11.4 Å². The highest BCUT2D eigenvalue weighted by Crippen LogP contribution is 2.29. The zero-order valence-electron chi connectivity index (χ0n) is 18.2. The van der Waals surface area contributed by atoms with Gasteiger partial charge in [0, 0.05) is 31.0 Å². The van der Waals surface area contributed by atoms with Gasteiger partial charge in [0.05, 0.1) is 11.7 Å². The molecule has 1 aromatic carbocycles. The molecular weight excluding hydrogens is 450 g/mol. The molecule has 0 N–H and O–H groups in total. The molecule has 9 nitrogen and oxygen atoms in total. The lowest BCUT2D eigenvalue weighted by Crippen LogP contribution is -2.40. The van der Waals surface area contributed by atoms with Gasteiger partial charge in [-0.2, -0.15) is 9.61 Å². The number of likely N-dealkylation sites (tertiary alicyclic amines) is 1. The number of nitrogens with zero attached hydrogens (tertiary/aromatic N) is 7. The number of aromatic nitrogens is 6. The molecule has 0 spiro atoms. The summed E-state index contributed by atoms with van der Waals surface area (Å²) < 4.78 is 7.65. The van der Waals surface area contributed by atoms with Gasteiger partial charge in [-0.25, -0.2) is 4.98 Å². The van der Waals surface area contributed by atoms with E-state index in [0.717, 1.165) is 41.1 Å². The lowest BCUT2D eigenvalue weighted by molar-refractivity contribution is -0.129. The van der Waals surface area contributed by atoms with Crippen LogP contribution in [0, 0.1) is 0 Å². The van der Waals surface area contributed by atoms with Crippen LogP contribution in [0.3, 0.4) is 0 Å². The van der Waals surface area contributed by atoms with Crippen LogP contribution >= 0.6 is 11.8 Å². The predicted octanol–water partition coefficient (Wildman–Crippen LogP) is 3.83. The van der Waals surface area contributed by atoms with Gasteiger partial charge >= 0.3 is 0 Å². The summed E-state index contributed by atoms with van der Waals surface area (Å²) in [7, 11) is 0. The number of carbonyl (C=O) groups is 1. The van der Waals surface area contributed by atoms with E-state index in [4.69, 9.17) is 4.42 Å². The molecule has 1 saturated heterocycles. The third-order valence-corrected chi connectivity index (χ3v) is 6.84. The van der Waals surface area contributed by atoms with Crippen LogP contribution in [0.2, 0.25) is 0 Å². The smallest absolute Gasteiger partial charge is 0.233 e. The van der Waals surface area contributed by atoms with Gasteiger partial charge < -0.3 is 9.32 Å². The molecule has 1 unspecified atom stereocenters. The minimum absolute atomic E-state index is 0.0870. The van der Waals surface area contributed by atoms with Crippen molar-refractivity contribution in [2.75, 3.05) is 18.8 Å². The van der Waals surface area contributed by atoms with Crippen molar-refractivity contribution in [1.29, 1.82) is 0 Å². The topological polar surface area (TPSA) is 102 Å². The Kier molecular flexibility index (Phi) is 5.42. The van der Waals surface area contributed by atoms with Gasteiger partial charge in [-0.1, -0.05) is 23.9 Å². The highest BCUT2D eigenvalue weighted by molar-refractivity contribution is 7.99. The van der Waals surface area contributed by atoms with Gasteiger partial charge in [0.15, 0.2) is 22.9 Å². The molecular formula is C24H21N7O2S. The van der Waals surface area contributed by atoms with Crippen molar-refractivity contribution in [1.82, 2.24) is 34.7 Å². The average Bonchev–Trinajstić information content (AvgIpc) is 3.52. The van der Waals surface area contributed by atoms with Crippen LogP contribution in [0.4, 0.5) is 0 Å². The molecule has 5 aromatic rings. The number of hydrogen-bond donors (Lipinski definition) is 0. The van der Waals surface area contributed by atoms with E-state index in [2.05, 4.69) is 25.3 Å². The van der Waals surface area contributed by atoms with E-state index >= 15 is 0 Å². The summed E-state index contributed by atoms with van der Waals surface area (Å²) in [5.41, 5.74) is 3.13. The van der Waals surface area contributed by atoms with E-state index in [-0.39, 0.29) is 11.8 Å². The van der Waals surface area contributed by atoms with Gasteiger partial charge in [0.1, 0.15) is 10.5 Å². The van der Waals surface area contributed by atoms with Crippen LogP contribution in [0.25, 0.3) is 28.1 Å². The van der Waals surface area contributed by atoms with Crippen molar-refractivity contribution in [2.45, 2.75) is 23.8 Å². The standard InChI is InChI=1S/C24H21N7O2S/c32-22(30-12-4-6-17(14-30)24-26-18-7-1-2-8-19(18)33-24)15-34-21-10-9-20-27-28-23(31(20)29-21)16-5-3-11-25-13-16/h1-3,5,7-11,13,17H,4,6,12,14-15H2. The van der Waals surface area contributed by atoms with Gasteiger partial charge in [-0.05, 0) is 49.2 Å². The van der Waals surface area contributed by atoms with Gasteiger partial charge in [-0.15, -0.1) is 10.2 Å². The van der Waals surface area contributed by atoms with E-state index in [9.17, 15) is 4.79 Å². The summed E-state index contributed by atoms with van der Waals surface area (Å²) in [6, 6.07) is 15.3. The van der Waals surface area contributed by atoms with Crippen molar-refractivity contribution in [3.63, 3.8) is 0 Å². The Morgan fingerprint density at radius 3 is 2.94 bits per heavy atom. The molecule has 1 aliphatic heterocycles. The summed E-state index contributed by atoms with van der Waals surface area (Å²) in [6.07, 6.45) is 5.33. The Hall–Kier alpha value is -3.79. The minimum Gasteiger partial charge on any atom is -0.440 e. The molecule has 0 saturated carbocycles. The van der Waals surface area contributed by atoms with E-state index in [1.54, 1.807) is 16.9 Å². The summed E-state index contributed by atoms with van der Waals surface area (Å²) in [5, 5.41) is 13.8. The molecule has 170 valence electrons. The maximum Gasteiger partial charge on any atom is 0.233 e. The second kappa shape index (κ2) is 8.86. The number of carbonyl (C=O) groups excluding carboxylic acids is 1. The van der Waals surface area contributed by atoms with Gasteiger partial charge in [0.25, 0.3) is 0 Å². The second-order valence-corrected chi connectivity index (χ2v) is 9.19. The second-order valence-electron chi connectivity index (χ2n) is 8.19. The first kappa shape index (κ1) is 20.8. The Morgan fingerprint density at radius 1 is 1.12 bits per heavy atom. The first-order chi connectivity index (χ1) is 16.7. The van der Waals surface area contributed by atoms with Crippen molar-refractivity contribution in [2.24, 2.45) is 0 Å². The molecule has 5 heterocycles. The van der Waals surface area contributed by atoms with E-state index in [1.807, 2.05) is 53.4 Å². The zero-order valence-corrected chi connectivity index (χ0v) is 19.1. The highest BCUT2D eigenvalue weighted by atomic mass is 32.2. The Balaban J connectivity index is 1.14. The Bertz CT molecular complexity index is 1430. The maximum atomic E-state index is 13.0. The van der Waals surface area contributed by atoms with Crippen LogP contribution in [-0.4, -0.2) is 59.4 Å².